The predicted molar refractivity (Wildman–Crippen MR) is 55.9 cm³/mol. The molecule has 0 radical (unpaired) electrons. The summed E-state index contributed by atoms with van der Waals surface area (Å²) in [6.07, 6.45) is 0.313. The molecule has 1 saturated heterocycles. The van der Waals surface area contributed by atoms with Gasteiger partial charge >= 0.3 is 0 Å². The number of rotatable bonds is 3. The lowest BCUT2D eigenvalue weighted by Crippen LogP contribution is -2.51. The molecule has 1 aliphatic heterocycles. The number of carbonyl (C=O) groups excluding carboxylic acids is 1. The van der Waals surface area contributed by atoms with Crippen molar-refractivity contribution in [3.05, 3.63) is 0 Å². The largest absolute Gasteiger partial charge is 0.366 e. The number of likely N-dealkylation sites (N-methyl/N-ethyl adjacent to an activating group) is 1. The molecule has 8 heteroatoms. The summed E-state index contributed by atoms with van der Waals surface area (Å²) in [5.41, 5.74) is 0. The van der Waals surface area contributed by atoms with Crippen LogP contribution >= 0.6 is 0 Å². The number of hydrogen-bond acceptors (Lipinski definition) is 5. The molecular weight excluding hydrogens is 236 g/mol. The van der Waals surface area contributed by atoms with E-state index >= 15 is 0 Å². The second-order valence-corrected chi connectivity index (χ2v) is 5.48. The Hall–Kier alpha value is -0.700. The molecule has 94 valence electrons. The van der Waals surface area contributed by atoms with Crippen molar-refractivity contribution in [3.63, 3.8) is 0 Å². The van der Waals surface area contributed by atoms with Gasteiger partial charge in [-0.3, -0.25) is 9.63 Å². The van der Waals surface area contributed by atoms with Gasteiger partial charge in [0.1, 0.15) is 0 Å². The molecule has 0 bridgehead atoms. The molecule has 16 heavy (non-hydrogen) atoms. The van der Waals surface area contributed by atoms with Crippen molar-refractivity contribution in [3.8, 4) is 0 Å². The van der Waals surface area contributed by atoms with Crippen LogP contribution in [0.25, 0.3) is 0 Å². The average molecular weight is 252 g/mol. The number of carbonyl (C=O) groups is 1. The fourth-order valence-corrected chi connectivity index (χ4v) is 2.18. The Morgan fingerprint density at radius 2 is 2.19 bits per heavy atom. The van der Waals surface area contributed by atoms with Crippen molar-refractivity contribution in [2.24, 2.45) is 0 Å². The van der Waals surface area contributed by atoms with Crippen LogP contribution in [0, 0.1) is 0 Å². The normalized spacial score (nSPS) is 23.1. The van der Waals surface area contributed by atoms with Crippen molar-refractivity contribution < 1.29 is 22.8 Å². The van der Waals surface area contributed by atoms with Crippen LogP contribution in [-0.2, 0) is 24.4 Å². The highest BCUT2D eigenvalue weighted by molar-refractivity contribution is 7.88. The van der Waals surface area contributed by atoms with E-state index in [9.17, 15) is 13.2 Å². The maximum atomic E-state index is 11.7. The van der Waals surface area contributed by atoms with Crippen molar-refractivity contribution in [1.82, 2.24) is 9.37 Å². The van der Waals surface area contributed by atoms with E-state index in [-0.39, 0.29) is 19.7 Å². The van der Waals surface area contributed by atoms with Crippen molar-refractivity contribution in [2.45, 2.75) is 6.10 Å². The lowest BCUT2D eigenvalue weighted by molar-refractivity contribution is -0.183. The third-order valence-electron chi connectivity index (χ3n) is 2.36. The second-order valence-electron chi connectivity index (χ2n) is 3.50. The van der Waals surface area contributed by atoms with Crippen LogP contribution in [0.2, 0.25) is 0 Å². The topological polar surface area (TPSA) is 76.2 Å². The summed E-state index contributed by atoms with van der Waals surface area (Å²) in [6.45, 7) is 0.520. The molecule has 0 N–H and O–H groups in total. The molecule has 1 fully saturated rings. The zero-order chi connectivity index (χ0) is 12.3. The first-order chi connectivity index (χ1) is 7.36. The molecular formula is C8H16N2O5S. The van der Waals surface area contributed by atoms with Gasteiger partial charge in [0.25, 0.3) is 5.91 Å². The Bertz CT molecular complexity index is 355. The quantitative estimate of drug-likeness (QED) is 0.581. The molecule has 1 aliphatic rings. The second kappa shape index (κ2) is 5.09. The van der Waals surface area contributed by atoms with Crippen LogP contribution in [0.5, 0.6) is 0 Å². The van der Waals surface area contributed by atoms with Gasteiger partial charge in [-0.05, 0) is 0 Å². The number of hydroxylamine groups is 2. The van der Waals surface area contributed by atoms with E-state index in [0.717, 1.165) is 11.3 Å². The standard InChI is InChI=1S/C8H16N2O5S/c1-9(14-2)8(11)7-6-10(4-5-15-7)16(3,12)13/h7H,4-6H2,1-3H3. The van der Waals surface area contributed by atoms with Gasteiger partial charge in [0.2, 0.25) is 10.0 Å². The number of hydrogen-bond donors (Lipinski definition) is 0. The number of amides is 1. The lowest BCUT2D eigenvalue weighted by Gasteiger charge is -2.31. The first kappa shape index (κ1) is 13.4. The summed E-state index contributed by atoms with van der Waals surface area (Å²) >= 11 is 0. The Kier molecular flexibility index (Phi) is 4.25. The van der Waals surface area contributed by atoms with Gasteiger partial charge in [-0.1, -0.05) is 0 Å². The van der Waals surface area contributed by atoms with Crippen LogP contribution in [0.4, 0.5) is 0 Å². The molecule has 1 heterocycles. The minimum absolute atomic E-state index is 0.0331. The molecule has 0 aromatic carbocycles. The highest BCUT2D eigenvalue weighted by atomic mass is 32.2. The summed E-state index contributed by atoms with van der Waals surface area (Å²) in [5, 5.41) is 1.02. The number of sulfonamides is 1. The van der Waals surface area contributed by atoms with Gasteiger partial charge in [-0.25, -0.2) is 13.5 Å². The van der Waals surface area contributed by atoms with E-state index in [1.807, 2.05) is 0 Å². The minimum Gasteiger partial charge on any atom is -0.366 e. The highest BCUT2D eigenvalue weighted by Gasteiger charge is 2.32. The van der Waals surface area contributed by atoms with Gasteiger partial charge in [0.15, 0.2) is 6.10 Å². The maximum absolute atomic E-state index is 11.7. The molecule has 1 rings (SSSR count). The van der Waals surface area contributed by atoms with E-state index < -0.39 is 22.0 Å². The average Bonchev–Trinajstić information content (AvgIpc) is 2.26. The molecule has 0 aromatic rings. The first-order valence-corrected chi connectivity index (χ1v) is 6.59. The third-order valence-corrected chi connectivity index (χ3v) is 3.63. The van der Waals surface area contributed by atoms with Gasteiger partial charge in [-0.15, -0.1) is 0 Å². The summed E-state index contributed by atoms with van der Waals surface area (Å²) in [5.74, 6) is -0.393. The summed E-state index contributed by atoms with van der Waals surface area (Å²) in [6, 6.07) is 0. The lowest BCUT2D eigenvalue weighted by atomic mass is 10.3. The van der Waals surface area contributed by atoms with E-state index in [4.69, 9.17) is 9.57 Å². The fraction of sp³-hybridized carbons (Fsp3) is 0.875. The molecule has 0 spiro atoms. The zero-order valence-corrected chi connectivity index (χ0v) is 10.4. The van der Waals surface area contributed by atoms with Gasteiger partial charge < -0.3 is 4.74 Å². The van der Waals surface area contributed by atoms with Crippen molar-refractivity contribution in [2.75, 3.05) is 40.1 Å². The number of nitrogens with zero attached hydrogens (tertiary/aromatic N) is 2. The van der Waals surface area contributed by atoms with Crippen LogP contribution in [0.1, 0.15) is 0 Å². The number of ether oxygens (including phenoxy) is 1. The van der Waals surface area contributed by atoms with Crippen molar-refractivity contribution >= 4 is 15.9 Å². The van der Waals surface area contributed by atoms with E-state index in [2.05, 4.69) is 0 Å². The van der Waals surface area contributed by atoms with Crippen LogP contribution in [0.3, 0.4) is 0 Å². The Morgan fingerprint density at radius 3 is 2.69 bits per heavy atom. The van der Waals surface area contributed by atoms with Crippen molar-refractivity contribution in [1.29, 1.82) is 0 Å². The minimum atomic E-state index is -3.28. The van der Waals surface area contributed by atoms with Crippen LogP contribution < -0.4 is 0 Å². The monoisotopic (exact) mass is 252 g/mol. The molecule has 1 amide bonds. The van der Waals surface area contributed by atoms with Gasteiger partial charge in [0.05, 0.1) is 20.0 Å². The van der Waals surface area contributed by atoms with Gasteiger partial charge in [-0.2, -0.15) is 4.31 Å². The van der Waals surface area contributed by atoms with Crippen LogP contribution in [-0.4, -0.2) is 69.9 Å². The Balaban J connectivity index is 2.68. The zero-order valence-electron chi connectivity index (χ0n) is 9.54. The SMILES string of the molecule is CON(C)C(=O)C1CN(S(C)(=O)=O)CCO1. The van der Waals surface area contributed by atoms with E-state index in [1.54, 1.807) is 0 Å². The molecule has 7 nitrogen and oxygen atoms in total. The summed E-state index contributed by atoms with van der Waals surface area (Å²) in [7, 11) is -0.477. The highest BCUT2D eigenvalue weighted by Crippen LogP contribution is 2.10. The molecule has 0 saturated carbocycles. The fourth-order valence-electron chi connectivity index (χ4n) is 1.37. The molecule has 0 aliphatic carbocycles. The summed E-state index contributed by atoms with van der Waals surface area (Å²) in [4.78, 5) is 16.4. The van der Waals surface area contributed by atoms with Crippen LogP contribution in [0.15, 0.2) is 0 Å². The Morgan fingerprint density at radius 1 is 1.56 bits per heavy atom. The first-order valence-electron chi connectivity index (χ1n) is 4.74. The van der Waals surface area contributed by atoms with E-state index in [1.165, 1.54) is 18.5 Å². The smallest absolute Gasteiger partial charge is 0.276 e. The predicted octanol–water partition coefficient (Wildman–Crippen LogP) is -1.33. The summed E-state index contributed by atoms with van der Waals surface area (Å²) < 4.78 is 29.1. The maximum Gasteiger partial charge on any atom is 0.276 e. The third kappa shape index (κ3) is 3.14. The molecule has 1 unspecified atom stereocenters. The van der Waals surface area contributed by atoms with Gasteiger partial charge in [0, 0.05) is 20.1 Å². The number of morpholine rings is 1. The molecule has 0 aromatic heterocycles. The van der Waals surface area contributed by atoms with E-state index in [0.29, 0.717) is 0 Å². The molecule has 1 atom stereocenters. The Labute approximate surface area is 94.9 Å².